The first-order valence-electron chi connectivity index (χ1n) is 21.4. The van der Waals surface area contributed by atoms with Gasteiger partial charge in [0.05, 0.1) is 70.2 Å². The van der Waals surface area contributed by atoms with E-state index >= 15 is 0 Å². The molecule has 64 heavy (non-hydrogen) atoms. The average molecular weight is 872 g/mol. The van der Waals surface area contributed by atoms with Gasteiger partial charge in [-0.05, 0) is 77.6 Å². The molecule has 7 rings (SSSR count). The summed E-state index contributed by atoms with van der Waals surface area (Å²) in [5.74, 6) is 1.65. The molecule has 0 aromatic heterocycles. The Morgan fingerprint density at radius 1 is 0.766 bits per heavy atom. The number of hydrogen-bond donors (Lipinski definition) is 2. The standard InChI is InChI=1S/C50H57N5O9/c1-51-43-29-49(47(60-5)27-41(43)50(57)55-16-14-36-10-6-9-13-45(36)55)64-33-35-22-34(23-39(24-35)52-15-17-61-20-21-62-19-18-58-3)32-63-48-28-42(38(31-56)26-46(48)59-4)53-30-40-25-37-11-7-8-12-44(37)54(40)2/h6-13,22-24,26-31,40,51-52H,14-21,25,32-33H2,1-5H3. The highest BCUT2D eigenvalue weighted by molar-refractivity contribution is 6.11. The molecule has 2 N–H and O–H groups in total. The van der Waals surface area contributed by atoms with Crippen LogP contribution in [-0.2, 0) is 40.3 Å². The molecule has 0 aliphatic carbocycles. The number of hydrogen-bond acceptors (Lipinski definition) is 13. The average Bonchev–Trinajstić information content (AvgIpc) is 3.91. The summed E-state index contributed by atoms with van der Waals surface area (Å²) in [4.78, 5) is 35.0. The first kappa shape index (κ1) is 45.4. The Morgan fingerprint density at radius 3 is 2.11 bits per heavy atom. The van der Waals surface area contributed by atoms with Crippen LogP contribution in [0.5, 0.6) is 23.0 Å². The van der Waals surface area contributed by atoms with Crippen LogP contribution >= 0.6 is 0 Å². The molecule has 14 heteroatoms. The lowest BCUT2D eigenvalue weighted by Gasteiger charge is -2.21. The second kappa shape index (κ2) is 22.1. The summed E-state index contributed by atoms with van der Waals surface area (Å²) in [6.45, 7) is 3.96. The summed E-state index contributed by atoms with van der Waals surface area (Å²) in [6.07, 6.45) is 4.28. The van der Waals surface area contributed by atoms with Crippen LogP contribution in [0.25, 0.3) is 0 Å². The third kappa shape index (κ3) is 10.9. The minimum absolute atomic E-state index is 0.0391. The Morgan fingerprint density at radius 2 is 1.42 bits per heavy atom. The van der Waals surface area contributed by atoms with Crippen molar-refractivity contribution in [1.82, 2.24) is 0 Å². The lowest BCUT2D eigenvalue weighted by Crippen LogP contribution is -2.29. The number of aliphatic imine (C=N–C) groups is 1. The van der Waals surface area contributed by atoms with Crippen molar-refractivity contribution in [2.75, 3.05) is 102 Å². The maximum absolute atomic E-state index is 13.9. The molecule has 14 nitrogen and oxygen atoms in total. The summed E-state index contributed by atoms with van der Waals surface area (Å²) in [7, 11) is 8.57. The van der Waals surface area contributed by atoms with Crippen LogP contribution in [0.15, 0.2) is 96.0 Å². The summed E-state index contributed by atoms with van der Waals surface area (Å²) in [5.41, 5.74) is 9.02. The van der Waals surface area contributed by atoms with Gasteiger partial charge in [-0.1, -0.05) is 36.4 Å². The van der Waals surface area contributed by atoms with Crippen molar-refractivity contribution in [3.8, 4) is 23.0 Å². The number of likely N-dealkylation sites (N-methyl/N-ethyl adjacent to an activating group) is 1. The van der Waals surface area contributed by atoms with E-state index in [9.17, 15) is 9.59 Å². The van der Waals surface area contributed by atoms with E-state index in [0.717, 1.165) is 47.2 Å². The highest BCUT2D eigenvalue weighted by Crippen LogP contribution is 2.39. The highest BCUT2D eigenvalue weighted by atomic mass is 16.5. The van der Waals surface area contributed by atoms with E-state index in [-0.39, 0.29) is 25.2 Å². The van der Waals surface area contributed by atoms with Crippen LogP contribution in [0.1, 0.15) is 43.0 Å². The molecule has 0 spiro atoms. The second-order valence-corrected chi connectivity index (χ2v) is 15.4. The van der Waals surface area contributed by atoms with Gasteiger partial charge in [-0.3, -0.25) is 14.6 Å². The molecule has 2 heterocycles. The molecule has 2 aliphatic heterocycles. The van der Waals surface area contributed by atoms with Crippen molar-refractivity contribution in [3.63, 3.8) is 0 Å². The predicted molar refractivity (Wildman–Crippen MR) is 250 cm³/mol. The number of methoxy groups -OCH3 is 3. The van der Waals surface area contributed by atoms with Gasteiger partial charge >= 0.3 is 0 Å². The number of para-hydroxylation sites is 2. The van der Waals surface area contributed by atoms with Crippen LogP contribution in [0, 0.1) is 0 Å². The predicted octanol–water partition coefficient (Wildman–Crippen LogP) is 7.77. The smallest absolute Gasteiger partial charge is 0.260 e. The first-order valence-corrected chi connectivity index (χ1v) is 21.4. The number of anilines is 4. The van der Waals surface area contributed by atoms with Gasteiger partial charge in [0, 0.05) is 75.3 Å². The van der Waals surface area contributed by atoms with Crippen LogP contribution in [0.3, 0.4) is 0 Å². The molecule has 5 aromatic carbocycles. The van der Waals surface area contributed by atoms with E-state index in [1.54, 1.807) is 52.6 Å². The number of amides is 1. The Balaban J connectivity index is 1.08. The Bertz CT molecular complexity index is 2420. The first-order chi connectivity index (χ1) is 31.3. The van der Waals surface area contributed by atoms with Gasteiger partial charge in [-0.2, -0.15) is 0 Å². The van der Waals surface area contributed by atoms with Crippen LogP contribution in [0.4, 0.5) is 28.4 Å². The summed E-state index contributed by atoms with van der Waals surface area (Å²) < 4.78 is 40.7. The number of ether oxygens (including phenoxy) is 7. The molecule has 0 fully saturated rings. The van der Waals surface area contributed by atoms with Gasteiger partial charge in [-0.25, -0.2) is 0 Å². The number of fused-ring (bicyclic) bond motifs is 2. The van der Waals surface area contributed by atoms with Gasteiger partial charge in [-0.15, -0.1) is 0 Å². The summed E-state index contributed by atoms with van der Waals surface area (Å²) in [5, 5.41) is 6.66. The van der Waals surface area contributed by atoms with Crippen LogP contribution < -0.4 is 39.4 Å². The molecular weight excluding hydrogens is 815 g/mol. The lowest BCUT2D eigenvalue weighted by atomic mass is 10.1. The lowest BCUT2D eigenvalue weighted by molar-refractivity contribution is 0.0272. The zero-order valence-electron chi connectivity index (χ0n) is 37.2. The van der Waals surface area contributed by atoms with Gasteiger partial charge < -0.3 is 53.6 Å². The minimum Gasteiger partial charge on any atom is -0.493 e. The number of carbonyl (C=O) groups is 2. The molecule has 0 bridgehead atoms. The normalized spacial score (nSPS) is 14.0. The van der Waals surface area contributed by atoms with Crippen LogP contribution in [-0.4, -0.2) is 106 Å². The SMILES string of the molecule is CNc1cc(OCc2cc(COc3cc(N=CC4Cc5ccccc5N4C)c(C=O)cc3OC)cc(NCCOCCOCCOC)c2)c(OC)cc1C(=O)N1CCc2ccccc21. The Kier molecular flexibility index (Phi) is 15.7. The molecule has 0 saturated carbocycles. The van der Waals surface area contributed by atoms with Gasteiger partial charge in [0.25, 0.3) is 5.91 Å². The molecule has 0 saturated heterocycles. The fourth-order valence-corrected chi connectivity index (χ4v) is 7.93. The van der Waals surface area contributed by atoms with Crippen molar-refractivity contribution >= 4 is 46.8 Å². The third-order valence-corrected chi connectivity index (χ3v) is 11.3. The third-order valence-electron chi connectivity index (χ3n) is 11.3. The van der Waals surface area contributed by atoms with E-state index in [1.807, 2.05) is 66.7 Å². The largest absolute Gasteiger partial charge is 0.493 e. The number of aldehydes is 1. The van der Waals surface area contributed by atoms with Gasteiger partial charge in [0.2, 0.25) is 0 Å². The maximum atomic E-state index is 13.9. The second-order valence-electron chi connectivity index (χ2n) is 15.4. The summed E-state index contributed by atoms with van der Waals surface area (Å²) >= 11 is 0. The zero-order valence-corrected chi connectivity index (χ0v) is 37.2. The highest BCUT2D eigenvalue weighted by Gasteiger charge is 2.28. The maximum Gasteiger partial charge on any atom is 0.260 e. The van der Waals surface area contributed by atoms with E-state index in [0.29, 0.717) is 91.6 Å². The molecule has 1 amide bonds. The van der Waals surface area contributed by atoms with Crippen molar-refractivity contribution in [1.29, 1.82) is 0 Å². The Hall–Kier alpha value is -6.61. The van der Waals surface area contributed by atoms with E-state index in [4.69, 9.17) is 38.2 Å². The molecule has 2 aliphatic rings. The van der Waals surface area contributed by atoms with E-state index < -0.39 is 0 Å². The fraction of sp³-hybridized carbons (Fsp3) is 0.340. The monoisotopic (exact) mass is 871 g/mol. The number of rotatable bonds is 23. The molecule has 5 aromatic rings. The van der Waals surface area contributed by atoms with Gasteiger partial charge in [0.15, 0.2) is 29.3 Å². The van der Waals surface area contributed by atoms with E-state index in [2.05, 4.69) is 33.7 Å². The minimum atomic E-state index is -0.117. The van der Waals surface area contributed by atoms with Crippen molar-refractivity contribution in [3.05, 3.63) is 124 Å². The van der Waals surface area contributed by atoms with E-state index in [1.165, 1.54) is 11.3 Å². The van der Waals surface area contributed by atoms with Crippen molar-refractivity contribution in [2.45, 2.75) is 32.1 Å². The number of carbonyl (C=O) groups excluding carboxylic acids is 2. The quantitative estimate of drug-likeness (QED) is 0.0376. The topological polar surface area (TPSA) is 142 Å². The molecular formula is C50H57N5O9. The van der Waals surface area contributed by atoms with Crippen LogP contribution in [0.2, 0.25) is 0 Å². The number of nitrogens with one attached hydrogen (secondary N) is 2. The van der Waals surface area contributed by atoms with Gasteiger partial charge in [0.1, 0.15) is 13.2 Å². The molecule has 336 valence electrons. The summed E-state index contributed by atoms with van der Waals surface area (Å²) in [6, 6.07) is 29.3. The number of nitrogens with zero attached hydrogens (tertiary/aromatic N) is 3. The van der Waals surface area contributed by atoms with Crippen molar-refractivity contribution in [2.24, 2.45) is 4.99 Å². The number of benzene rings is 5. The zero-order chi connectivity index (χ0) is 44.8. The Labute approximate surface area is 375 Å². The molecule has 0 radical (unpaired) electrons. The molecule has 1 unspecified atom stereocenters. The molecule has 1 atom stereocenters. The van der Waals surface area contributed by atoms with Crippen molar-refractivity contribution < 1.29 is 42.7 Å². The fourth-order valence-electron chi connectivity index (χ4n) is 7.93.